The van der Waals surface area contributed by atoms with Crippen LogP contribution in [0.15, 0.2) is 41.2 Å². The molecule has 7 nitrogen and oxygen atoms in total. The highest BCUT2D eigenvalue weighted by Gasteiger charge is 2.20. The van der Waals surface area contributed by atoms with E-state index in [0.29, 0.717) is 6.54 Å². The molecule has 35 heavy (non-hydrogen) atoms. The van der Waals surface area contributed by atoms with Crippen LogP contribution in [0.25, 0.3) is 33.2 Å². The van der Waals surface area contributed by atoms with E-state index in [-0.39, 0.29) is 5.69 Å². The maximum atomic E-state index is 13.2. The highest BCUT2D eigenvalue weighted by molar-refractivity contribution is 6.08. The van der Waals surface area contributed by atoms with Crippen molar-refractivity contribution in [3.05, 3.63) is 58.0 Å². The Labute approximate surface area is 207 Å². The van der Waals surface area contributed by atoms with Gasteiger partial charge in [0.05, 0.1) is 22.2 Å². The third kappa shape index (κ3) is 4.46. The van der Waals surface area contributed by atoms with Gasteiger partial charge >= 0.3 is 5.69 Å². The average molecular weight is 473 g/mol. The molecule has 0 spiro atoms. The molecule has 3 heterocycles. The first kappa shape index (κ1) is 23.6. The van der Waals surface area contributed by atoms with Crippen LogP contribution < -0.4 is 10.6 Å². The van der Waals surface area contributed by atoms with E-state index in [1.807, 2.05) is 18.7 Å². The van der Waals surface area contributed by atoms with Crippen LogP contribution in [-0.2, 0) is 13.0 Å². The summed E-state index contributed by atoms with van der Waals surface area (Å²) in [6.45, 7) is 9.85. The second-order valence-electron chi connectivity index (χ2n) is 10.1. The summed E-state index contributed by atoms with van der Waals surface area (Å²) in [7, 11) is 6.25. The van der Waals surface area contributed by atoms with Gasteiger partial charge in [0.2, 0.25) is 0 Å². The van der Waals surface area contributed by atoms with E-state index >= 15 is 0 Å². The SMILES string of the molecule is CCc1cc(C)cc2c1nc(-c1cccc(N3CCN(C)CC3)c1)c1[nH]c(=O)n(CCN(C)C)c12. The number of benzene rings is 2. The van der Waals surface area contributed by atoms with Gasteiger partial charge in [-0.15, -0.1) is 0 Å². The lowest BCUT2D eigenvalue weighted by Crippen LogP contribution is -2.44. The molecule has 0 aliphatic carbocycles. The Bertz CT molecular complexity index is 1430. The third-order valence-electron chi connectivity index (χ3n) is 7.17. The summed E-state index contributed by atoms with van der Waals surface area (Å²) in [6.07, 6.45) is 0.893. The number of hydrogen-bond donors (Lipinski definition) is 1. The molecule has 0 saturated carbocycles. The minimum atomic E-state index is -0.0767. The zero-order valence-corrected chi connectivity index (χ0v) is 21.6. The van der Waals surface area contributed by atoms with Gasteiger partial charge in [0.1, 0.15) is 0 Å². The molecule has 2 aromatic carbocycles. The van der Waals surface area contributed by atoms with Gasteiger partial charge in [0, 0.05) is 55.9 Å². The number of likely N-dealkylation sites (N-methyl/N-ethyl adjacent to an activating group) is 2. The quantitative estimate of drug-likeness (QED) is 0.463. The molecule has 184 valence electrons. The van der Waals surface area contributed by atoms with Crippen LogP contribution in [-0.4, -0.2) is 78.2 Å². The highest BCUT2D eigenvalue weighted by atomic mass is 16.1. The number of piperazine rings is 1. The summed E-state index contributed by atoms with van der Waals surface area (Å²) in [4.78, 5) is 28.5. The standard InChI is InChI=1S/C28H36N6O/c1-6-20-16-19(2)17-23-24(20)29-25(26-27(23)34(28(35)30-26)15-10-31(3)4)21-8-7-9-22(18-21)33-13-11-32(5)12-14-33/h7-9,16-18H,6,10-15H2,1-5H3,(H,30,35). The van der Waals surface area contributed by atoms with Gasteiger partial charge in [0.15, 0.2) is 0 Å². The topological polar surface area (TPSA) is 60.4 Å². The summed E-state index contributed by atoms with van der Waals surface area (Å²) >= 11 is 0. The van der Waals surface area contributed by atoms with Gasteiger partial charge in [-0.2, -0.15) is 0 Å². The lowest BCUT2D eigenvalue weighted by atomic mass is 10.0. The monoisotopic (exact) mass is 472 g/mol. The zero-order valence-electron chi connectivity index (χ0n) is 21.6. The summed E-state index contributed by atoms with van der Waals surface area (Å²) in [6, 6.07) is 13.0. The first-order valence-electron chi connectivity index (χ1n) is 12.6. The Kier molecular flexibility index (Phi) is 6.38. The van der Waals surface area contributed by atoms with Crippen LogP contribution in [0.2, 0.25) is 0 Å². The van der Waals surface area contributed by atoms with Crippen LogP contribution in [0.3, 0.4) is 0 Å². The van der Waals surface area contributed by atoms with Gasteiger partial charge in [-0.05, 0) is 58.3 Å². The fraction of sp³-hybridized carbons (Fsp3) is 0.429. The summed E-state index contributed by atoms with van der Waals surface area (Å²) in [5.74, 6) is 0. The number of aryl methyl sites for hydroxylation is 2. The number of rotatable bonds is 6. The van der Waals surface area contributed by atoms with E-state index in [2.05, 4.69) is 77.0 Å². The lowest BCUT2D eigenvalue weighted by molar-refractivity contribution is 0.313. The van der Waals surface area contributed by atoms with E-state index in [9.17, 15) is 4.79 Å². The van der Waals surface area contributed by atoms with E-state index in [4.69, 9.17) is 4.98 Å². The van der Waals surface area contributed by atoms with E-state index in [0.717, 1.165) is 72.3 Å². The van der Waals surface area contributed by atoms with Crippen LogP contribution in [0.5, 0.6) is 0 Å². The molecule has 0 unspecified atom stereocenters. The molecule has 2 aromatic heterocycles. The number of nitrogens with one attached hydrogen (secondary N) is 1. The molecule has 1 fully saturated rings. The first-order valence-corrected chi connectivity index (χ1v) is 12.6. The largest absolute Gasteiger partial charge is 0.369 e. The van der Waals surface area contributed by atoms with Crippen molar-refractivity contribution >= 4 is 27.6 Å². The summed E-state index contributed by atoms with van der Waals surface area (Å²) < 4.78 is 1.89. The predicted octanol–water partition coefficient (Wildman–Crippen LogP) is 3.73. The molecule has 7 heteroatoms. The molecule has 1 aliphatic heterocycles. The molecule has 0 radical (unpaired) electrons. The van der Waals surface area contributed by atoms with E-state index < -0.39 is 0 Å². The Morgan fingerprint density at radius 1 is 1.09 bits per heavy atom. The molecule has 1 aliphatic rings. The van der Waals surface area contributed by atoms with Crippen molar-refractivity contribution < 1.29 is 0 Å². The Morgan fingerprint density at radius 3 is 2.57 bits per heavy atom. The second kappa shape index (κ2) is 9.47. The van der Waals surface area contributed by atoms with Gasteiger partial charge in [-0.25, -0.2) is 9.78 Å². The lowest BCUT2D eigenvalue weighted by Gasteiger charge is -2.34. The minimum absolute atomic E-state index is 0.0767. The smallest absolute Gasteiger partial charge is 0.326 e. The number of pyridine rings is 1. The maximum Gasteiger partial charge on any atom is 0.326 e. The molecule has 5 rings (SSSR count). The molecule has 4 aromatic rings. The fourth-order valence-corrected chi connectivity index (χ4v) is 5.16. The number of hydrogen-bond acceptors (Lipinski definition) is 5. The fourth-order valence-electron chi connectivity index (χ4n) is 5.16. The molecular weight excluding hydrogens is 436 g/mol. The Morgan fingerprint density at radius 2 is 1.86 bits per heavy atom. The average Bonchev–Trinajstić information content (AvgIpc) is 3.18. The Balaban J connectivity index is 1.74. The molecule has 0 amide bonds. The van der Waals surface area contributed by atoms with E-state index in [1.54, 1.807) is 0 Å². The maximum absolute atomic E-state index is 13.2. The normalized spacial score (nSPS) is 15.1. The number of aromatic nitrogens is 3. The zero-order chi connectivity index (χ0) is 24.7. The van der Waals surface area contributed by atoms with Crippen molar-refractivity contribution in [3.63, 3.8) is 0 Å². The van der Waals surface area contributed by atoms with E-state index in [1.165, 1.54) is 16.8 Å². The predicted molar refractivity (Wildman–Crippen MR) is 146 cm³/mol. The number of aromatic amines is 1. The van der Waals surface area contributed by atoms with Crippen molar-refractivity contribution in [2.75, 3.05) is 58.8 Å². The number of imidazole rings is 1. The van der Waals surface area contributed by atoms with Crippen LogP contribution in [0, 0.1) is 6.92 Å². The van der Waals surface area contributed by atoms with Crippen LogP contribution >= 0.6 is 0 Å². The van der Waals surface area contributed by atoms with Gasteiger partial charge < -0.3 is 19.7 Å². The summed E-state index contributed by atoms with van der Waals surface area (Å²) in [5, 5.41) is 1.05. The molecule has 0 atom stereocenters. The van der Waals surface area contributed by atoms with Gasteiger partial charge in [-0.1, -0.05) is 30.7 Å². The van der Waals surface area contributed by atoms with Crippen molar-refractivity contribution in [1.82, 2.24) is 24.3 Å². The number of anilines is 1. The van der Waals surface area contributed by atoms with Gasteiger partial charge in [-0.3, -0.25) is 4.57 Å². The van der Waals surface area contributed by atoms with Gasteiger partial charge in [0.25, 0.3) is 0 Å². The number of H-pyrrole nitrogens is 1. The van der Waals surface area contributed by atoms with Crippen molar-refractivity contribution in [2.24, 2.45) is 0 Å². The van der Waals surface area contributed by atoms with Crippen molar-refractivity contribution in [1.29, 1.82) is 0 Å². The summed E-state index contributed by atoms with van der Waals surface area (Å²) in [5.41, 5.74) is 8.20. The van der Waals surface area contributed by atoms with Crippen LogP contribution in [0.1, 0.15) is 18.1 Å². The molecule has 1 saturated heterocycles. The second-order valence-corrected chi connectivity index (χ2v) is 10.1. The Hall–Kier alpha value is -3.16. The van der Waals surface area contributed by atoms with Crippen LogP contribution in [0.4, 0.5) is 5.69 Å². The molecule has 0 bridgehead atoms. The number of nitrogens with zero attached hydrogens (tertiary/aromatic N) is 5. The van der Waals surface area contributed by atoms with Crippen molar-refractivity contribution in [3.8, 4) is 11.3 Å². The number of fused-ring (bicyclic) bond motifs is 3. The first-order chi connectivity index (χ1) is 16.9. The minimum Gasteiger partial charge on any atom is -0.369 e. The molecular formula is C28H36N6O. The third-order valence-corrected chi connectivity index (χ3v) is 7.17. The highest BCUT2D eigenvalue weighted by Crippen LogP contribution is 2.34. The molecule has 1 N–H and O–H groups in total. The van der Waals surface area contributed by atoms with Crippen molar-refractivity contribution in [2.45, 2.75) is 26.8 Å².